The van der Waals surface area contributed by atoms with Gasteiger partial charge in [0.2, 0.25) is 0 Å². The van der Waals surface area contributed by atoms with Gasteiger partial charge in [-0.2, -0.15) is 13.2 Å². The Kier molecular flexibility index (Phi) is 4.32. The summed E-state index contributed by atoms with van der Waals surface area (Å²) in [5.74, 6) is -7.55. The molecule has 0 radical (unpaired) electrons. The van der Waals surface area contributed by atoms with Crippen molar-refractivity contribution in [1.82, 2.24) is 4.90 Å². The Morgan fingerprint density at radius 1 is 1.27 bits per heavy atom. The van der Waals surface area contributed by atoms with Gasteiger partial charge in [0.05, 0.1) is 17.4 Å². The fourth-order valence-electron chi connectivity index (χ4n) is 2.38. The molecule has 0 aromatic heterocycles. The van der Waals surface area contributed by atoms with Crippen LogP contribution >= 0.6 is 11.6 Å². The van der Waals surface area contributed by atoms with E-state index in [1.165, 1.54) is 6.07 Å². The number of alkyl halides is 3. The van der Waals surface area contributed by atoms with Gasteiger partial charge in [-0.25, -0.2) is 4.39 Å². The summed E-state index contributed by atoms with van der Waals surface area (Å²) in [6.07, 6.45) is -4.76. The minimum absolute atomic E-state index is 0.0473. The molecule has 9 heteroatoms. The van der Waals surface area contributed by atoms with Gasteiger partial charge in [-0.15, -0.1) is 0 Å². The van der Waals surface area contributed by atoms with E-state index in [1.807, 2.05) is 0 Å². The molecule has 0 aliphatic carbocycles. The lowest BCUT2D eigenvalue weighted by Gasteiger charge is -2.18. The molecule has 4 nitrogen and oxygen atoms in total. The van der Waals surface area contributed by atoms with Crippen LogP contribution in [-0.2, 0) is 4.79 Å². The van der Waals surface area contributed by atoms with Gasteiger partial charge in [0.25, 0.3) is 5.91 Å². The molecule has 120 valence electrons. The Labute approximate surface area is 127 Å². The number of aliphatic carboxylic acids is 1. The maximum Gasteiger partial charge on any atom is 0.394 e. The fourth-order valence-corrected chi connectivity index (χ4v) is 2.56. The van der Waals surface area contributed by atoms with Crippen molar-refractivity contribution < 1.29 is 32.3 Å². The largest absolute Gasteiger partial charge is 0.481 e. The maximum absolute atomic E-state index is 13.6. The average Bonchev–Trinajstić information content (AvgIpc) is 2.86. The molecule has 0 bridgehead atoms. The van der Waals surface area contributed by atoms with Gasteiger partial charge >= 0.3 is 12.1 Å². The van der Waals surface area contributed by atoms with Gasteiger partial charge in [-0.1, -0.05) is 11.6 Å². The molecule has 1 aliphatic rings. The summed E-state index contributed by atoms with van der Waals surface area (Å²) >= 11 is 5.64. The molecule has 2 rings (SSSR count). The summed E-state index contributed by atoms with van der Waals surface area (Å²) in [6, 6.07) is 3.10. The minimum Gasteiger partial charge on any atom is -0.481 e. The Bertz CT molecular complexity index is 620. The number of halogens is 5. The number of carboxylic acids is 1. The minimum atomic E-state index is -4.76. The molecule has 1 saturated heterocycles. The molecule has 0 saturated carbocycles. The zero-order valence-corrected chi connectivity index (χ0v) is 11.7. The second-order valence-corrected chi connectivity index (χ2v) is 5.36. The van der Waals surface area contributed by atoms with Crippen molar-refractivity contribution in [3.05, 3.63) is 34.6 Å². The highest BCUT2D eigenvalue weighted by Crippen LogP contribution is 2.38. The molecule has 1 fully saturated rings. The van der Waals surface area contributed by atoms with Gasteiger partial charge in [0.1, 0.15) is 5.82 Å². The molecule has 1 heterocycles. The van der Waals surface area contributed by atoms with E-state index in [9.17, 15) is 27.2 Å². The second-order valence-electron chi connectivity index (χ2n) is 4.93. The molecule has 1 aromatic carbocycles. The molecule has 0 unspecified atom stereocenters. The molecule has 0 spiro atoms. The highest BCUT2D eigenvalue weighted by molar-refractivity contribution is 6.31. The van der Waals surface area contributed by atoms with Crippen LogP contribution in [0.5, 0.6) is 0 Å². The van der Waals surface area contributed by atoms with E-state index < -0.39 is 54.4 Å². The van der Waals surface area contributed by atoms with E-state index in [0.29, 0.717) is 4.90 Å². The van der Waals surface area contributed by atoms with Crippen molar-refractivity contribution in [1.29, 1.82) is 0 Å². The van der Waals surface area contributed by atoms with E-state index in [1.54, 1.807) is 0 Å². The zero-order valence-electron chi connectivity index (χ0n) is 10.9. The van der Waals surface area contributed by atoms with Crippen LogP contribution in [0.3, 0.4) is 0 Å². The number of amides is 1. The molecular formula is C13H10ClF4NO3. The quantitative estimate of drug-likeness (QED) is 0.843. The first-order valence-electron chi connectivity index (χ1n) is 6.15. The number of hydrogen-bond acceptors (Lipinski definition) is 2. The first-order chi connectivity index (χ1) is 10.1. The lowest BCUT2D eigenvalue weighted by atomic mass is 9.96. The summed E-state index contributed by atoms with van der Waals surface area (Å²) in [6.45, 7) is -1.46. The Balaban J connectivity index is 2.29. The Hall–Kier alpha value is -1.83. The summed E-state index contributed by atoms with van der Waals surface area (Å²) < 4.78 is 52.2. The van der Waals surface area contributed by atoms with Crippen LogP contribution in [0, 0.1) is 17.7 Å². The fraction of sp³-hybridized carbons (Fsp3) is 0.385. The van der Waals surface area contributed by atoms with Crippen molar-refractivity contribution in [3.8, 4) is 0 Å². The average molecular weight is 340 g/mol. The third kappa shape index (κ3) is 3.16. The van der Waals surface area contributed by atoms with Crippen LogP contribution in [0.4, 0.5) is 17.6 Å². The molecule has 1 aromatic rings. The van der Waals surface area contributed by atoms with Crippen LogP contribution in [0.2, 0.25) is 5.02 Å². The lowest BCUT2D eigenvalue weighted by molar-refractivity contribution is -0.187. The van der Waals surface area contributed by atoms with E-state index in [2.05, 4.69) is 0 Å². The summed E-state index contributed by atoms with van der Waals surface area (Å²) in [5, 5.41) is 8.93. The van der Waals surface area contributed by atoms with Crippen molar-refractivity contribution in [3.63, 3.8) is 0 Å². The smallest absolute Gasteiger partial charge is 0.394 e. The predicted octanol–water partition coefficient (Wildman–Crippen LogP) is 2.81. The molecule has 2 atom stereocenters. The Morgan fingerprint density at radius 3 is 2.41 bits per heavy atom. The number of carbonyl (C=O) groups is 2. The first-order valence-corrected chi connectivity index (χ1v) is 6.53. The standard InChI is InChI=1S/C13H10ClF4NO3/c14-6-1-2-10(15)7(3-6)11(20)19-4-8(12(21)22)9(5-19)13(16,17)18/h1-3,8-9H,4-5H2,(H,21,22)/t8-,9-/m1/s1. The highest BCUT2D eigenvalue weighted by Gasteiger charge is 2.53. The maximum atomic E-state index is 13.6. The van der Waals surface area contributed by atoms with E-state index >= 15 is 0 Å². The van der Waals surface area contributed by atoms with Crippen LogP contribution in [-0.4, -0.2) is 41.1 Å². The monoisotopic (exact) mass is 339 g/mol. The number of benzene rings is 1. The van der Waals surface area contributed by atoms with E-state index in [-0.39, 0.29) is 5.02 Å². The van der Waals surface area contributed by atoms with Crippen molar-refractivity contribution in [2.24, 2.45) is 11.8 Å². The Morgan fingerprint density at radius 2 is 1.91 bits per heavy atom. The van der Waals surface area contributed by atoms with Crippen molar-refractivity contribution in [2.75, 3.05) is 13.1 Å². The number of hydrogen-bond donors (Lipinski definition) is 1. The number of likely N-dealkylation sites (tertiary alicyclic amines) is 1. The summed E-state index contributed by atoms with van der Waals surface area (Å²) in [5.41, 5.74) is -0.487. The van der Waals surface area contributed by atoms with Crippen molar-refractivity contribution in [2.45, 2.75) is 6.18 Å². The normalized spacial score (nSPS) is 22.0. The highest BCUT2D eigenvalue weighted by atomic mass is 35.5. The van der Waals surface area contributed by atoms with Crippen LogP contribution < -0.4 is 0 Å². The third-order valence-corrected chi connectivity index (χ3v) is 3.74. The van der Waals surface area contributed by atoms with E-state index in [0.717, 1.165) is 12.1 Å². The molecule has 1 N–H and O–H groups in total. The number of nitrogens with zero attached hydrogens (tertiary/aromatic N) is 1. The van der Waals surface area contributed by atoms with E-state index in [4.69, 9.17) is 16.7 Å². The number of carbonyl (C=O) groups excluding carboxylic acids is 1. The summed E-state index contributed by atoms with van der Waals surface area (Å²) in [4.78, 5) is 23.8. The van der Waals surface area contributed by atoms with Gasteiger partial charge < -0.3 is 10.0 Å². The SMILES string of the molecule is O=C(O)[C@@H]1CN(C(=O)c2cc(Cl)ccc2F)C[C@H]1C(F)(F)F. The molecule has 22 heavy (non-hydrogen) atoms. The van der Waals surface area contributed by atoms with Gasteiger partial charge in [0.15, 0.2) is 0 Å². The third-order valence-electron chi connectivity index (χ3n) is 3.50. The second kappa shape index (κ2) is 5.75. The van der Waals surface area contributed by atoms with Crippen LogP contribution in [0.15, 0.2) is 18.2 Å². The van der Waals surface area contributed by atoms with Crippen LogP contribution in [0.25, 0.3) is 0 Å². The van der Waals surface area contributed by atoms with Crippen LogP contribution in [0.1, 0.15) is 10.4 Å². The van der Waals surface area contributed by atoms with Gasteiger partial charge in [0, 0.05) is 18.1 Å². The topological polar surface area (TPSA) is 57.6 Å². The first kappa shape index (κ1) is 16.5. The predicted molar refractivity (Wildman–Crippen MR) is 68.0 cm³/mol. The summed E-state index contributed by atoms with van der Waals surface area (Å²) in [7, 11) is 0. The molecule has 1 aliphatic heterocycles. The molecular weight excluding hydrogens is 330 g/mol. The number of carboxylic acid groups (broad SMARTS) is 1. The van der Waals surface area contributed by atoms with Crippen molar-refractivity contribution >= 4 is 23.5 Å². The lowest BCUT2D eigenvalue weighted by Crippen LogP contribution is -2.34. The molecule has 1 amide bonds. The van der Waals surface area contributed by atoms with Gasteiger partial charge in [-0.3, -0.25) is 9.59 Å². The van der Waals surface area contributed by atoms with Gasteiger partial charge in [-0.05, 0) is 18.2 Å². The number of rotatable bonds is 2. The zero-order chi connectivity index (χ0) is 16.7.